The van der Waals surface area contributed by atoms with Crippen molar-refractivity contribution in [1.82, 2.24) is 14.8 Å². The lowest BCUT2D eigenvalue weighted by Gasteiger charge is -2.28. The molecule has 1 aromatic carbocycles. The normalized spacial score (nSPS) is 19.9. The maximum Gasteiger partial charge on any atom is 0.360 e. The van der Waals surface area contributed by atoms with E-state index in [4.69, 9.17) is 27.9 Å². The number of rotatable bonds is 6. The van der Waals surface area contributed by atoms with E-state index in [1.807, 2.05) is 23.9 Å². The van der Waals surface area contributed by atoms with Gasteiger partial charge in [0.2, 0.25) is 0 Å². The average Bonchev–Trinajstić information content (AvgIpc) is 3.00. The summed E-state index contributed by atoms with van der Waals surface area (Å²) in [6, 6.07) is 5.82. The second-order valence-corrected chi connectivity index (χ2v) is 9.19. The summed E-state index contributed by atoms with van der Waals surface area (Å²) < 4.78 is 6.64. The Kier molecular flexibility index (Phi) is 7.43. The average molecular weight is 446 g/mol. The van der Waals surface area contributed by atoms with E-state index in [9.17, 15) is 4.79 Å². The van der Waals surface area contributed by atoms with Gasteiger partial charge in [-0.3, -0.25) is 0 Å². The molecule has 1 atom stereocenters. The Morgan fingerprint density at radius 1 is 1.26 bits per heavy atom. The summed E-state index contributed by atoms with van der Waals surface area (Å²) in [6.45, 7) is 2.11. The summed E-state index contributed by atoms with van der Waals surface area (Å²) in [4.78, 5) is 12.0. The van der Waals surface area contributed by atoms with Gasteiger partial charge in [-0.15, -0.1) is 5.10 Å². The molecule has 1 aromatic heterocycles. The van der Waals surface area contributed by atoms with Gasteiger partial charge in [-0.05, 0) is 71.7 Å². The number of hydrogen-bond acceptors (Lipinski definition) is 5. The zero-order chi connectivity index (χ0) is 19.4. The van der Waals surface area contributed by atoms with Crippen molar-refractivity contribution in [3.63, 3.8) is 0 Å². The Bertz CT molecular complexity index is 790. The van der Waals surface area contributed by atoms with Gasteiger partial charge in [-0.1, -0.05) is 28.4 Å². The molecular formula is C18H22Cl2N3O2PS. The third-order valence-corrected chi connectivity index (χ3v) is 6.98. The van der Waals surface area contributed by atoms with E-state index >= 15 is 0 Å². The fourth-order valence-electron chi connectivity index (χ4n) is 3.38. The van der Waals surface area contributed by atoms with E-state index in [2.05, 4.69) is 19.7 Å². The van der Waals surface area contributed by atoms with Crippen LogP contribution in [0.2, 0.25) is 10.0 Å². The van der Waals surface area contributed by atoms with Crippen molar-refractivity contribution in [3.8, 4) is 0 Å². The molecule has 1 heterocycles. The third-order valence-electron chi connectivity index (χ3n) is 4.75. The van der Waals surface area contributed by atoms with Crippen LogP contribution in [-0.4, -0.2) is 32.6 Å². The predicted octanol–water partition coefficient (Wildman–Crippen LogP) is 5.36. The monoisotopic (exact) mass is 445 g/mol. The van der Waals surface area contributed by atoms with Gasteiger partial charge in [-0.25, -0.2) is 9.25 Å². The highest BCUT2D eigenvalue weighted by molar-refractivity contribution is 7.99. The number of benzene rings is 1. The van der Waals surface area contributed by atoms with Gasteiger partial charge in [0.1, 0.15) is 0 Å². The van der Waals surface area contributed by atoms with Gasteiger partial charge in [0.25, 0.3) is 0 Å². The zero-order valence-corrected chi connectivity index (χ0v) is 18.5. The van der Waals surface area contributed by atoms with Crippen LogP contribution < -0.4 is 0 Å². The zero-order valence-electron chi connectivity index (χ0n) is 15.0. The first kappa shape index (κ1) is 20.9. The number of carbonyl (C=O) groups excluding carboxylic acids is 1. The molecule has 0 saturated heterocycles. The number of nitrogens with zero attached hydrogens (tertiary/aromatic N) is 3. The van der Waals surface area contributed by atoms with Gasteiger partial charge < -0.3 is 4.74 Å². The van der Waals surface area contributed by atoms with Crippen LogP contribution in [-0.2, 0) is 10.5 Å². The van der Waals surface area contributed by atoms with Crippen molar-refractivity contribution in [2.24, 2.45) is 0 Å². The maximum atomic E-state index is 12.0. The first-order chi connectivity index (χ1) is 13.0. The Labute approximate surface area is 175 Å². The highest BCUT2D eigenvalue weighted by atomic mass is 35.5. The van der Waals surface area contributed by atoms with Crippen LogP contribution in [0.15, 0.2) is 18.2 Å². The Morgan fingerprint density at radius 2 is 1.93 bits per heavy atom. The van der Waals surface area contributed by atoms with Crippen LogP contribution in [0, 0.1) is 0 Å². The van der Waals surface area contributed by atoms with E-state index in [0.717, 1.165) is 31.4 Å². The number of thioether (sulfide) groups is 1. The van der Waals surface area contributed by atoms with E-state index < -0.39 is 5.97 Å². The molecule has 1 unspecified atom stereocenters. The topological polar surface area (TPSA) is 57.0 Å². The smallest absolute Gasteiger partial charge is 0.360 e. The Morgan fingerprint density at radius 3 is 2.56 bits per heavy atom. The van der Waals surface area contributed by atoms with Gasteiger partial charge in [0.15, 0.2) is 5.69 Å². The van der Waals surface area contributed by atoms with Crippen LogP contribution in [0.25, 0.3) is 0 Å². The van der Waals surface area contributed by atoms with Gasteiger partial charge in [-0.2, -0.15) is 11.8 Å². The first-order valence-electron chi connectivity index (χ1n) is 8.92. The maximum absolute atomic E-state index is 12.0. The minimum absolute atomic E-state index is 0.307. The molecular weight excluding hydrogens is 424 g/mol. The molecule has 9 heteroatoms. The molecule has 1 aliphatic rings. The second-order valence-electron chi connectivity index (χ2n) is 6.54. The lowest BCUT2D eigenvalue weighted by atomic mass is 9.84. The molecule has 1 fully saturated rings. The molecule has 2 aromatic rings. The highest BCUT2D eigenvalue weighted by Gasteiger charge is 2.25. The summed E-state index contributed by atoms with van der Waals surface area (Å²) in [5, 5.41) is 9.83. The SMILES string of the molecule is CCOC(=O)c1nnn(P)c1CS[C@H]1CC[C@@H](c2cc(Cl)cc(Cl)c2)CC1. The van der Waals surface area contributed by atoms with Crippen LogP contribution >= 0.6 is 44.4 Å². The van der Waals surface area contributed by atoms with Crippen molar-refractivity contribution in [2.45, 2.75) is 49.5 Å². The summed E-state index contributed by atoms with van der Waals surface area (Å²) in [6.07, 6.45) is 4.45. The van der Waals surface area contributed by atoms with Crippen molar-refractivity contribution in [3.05, 3.63) is 45.2 Å². The predicted molar refractivity (Wildman–Crippen MR) is 114 cm³/mol. The quantitative estimate of drug-likeness (QED) is 0.442. The Balaban J connectivity index is 1.56. The third kappa shape index (κ3) is 5.38. The summed E-state index contributed by atoms with van der Waals surface area (Å²) >= 11 is 14.1. The molecule has 5 nitrogen and oxygen atoms in total. The Hall–Kier alpha value is -0.810. The van der Waals surface area contributed by atoms with Gasteiger partial charge in [0.05, 0.1) is 12.3 Å². The standard InChI is InChI=1S/C18H22Cl2N3O2PS/c1-2-25-18(24)17-16(23(26)22-21-17)10-27-15-5-3-11(4-6-15)12-7-13(19)9-14(20)8-12/h7-9,11,15H,2-6,10,26H2,1H3/t11-,15+. The second kappa shape index (κ2) is 9.60. The fraction of sp³-hybridized carbons (Fsp3) is 0.500. The molecule has 0 aliphatic heterocycles. The minimum atomic E-state index is -0.414. The first-order valence-corrected chi connectivity index (χ1v) is 11.2. The number of ether oxygens (including phenoxy) is 1. The lowest BCUT2D eigenvalue weighted by Crippen LogP contribution is -2.16. The molecule has 146 valence electrons. The van der Waals surface area contributed by atoms with Crippen molar-refractivity contribution in [2.75, 3.05) is 6.61 Å². The number of aromatic nitrogens is 3. The van der Waals surface area contributed by atoms with Crippen LogP contribution in [0.4, 0.5) is 0 Å². The van der Waals surface area contributed by atoms with E-state index in [1.54, 1.807) is 17.4 Å². The van der Waals surface area contributed by atoms with Crippen LogP contribution in [0.3, 0.4) is 0 Å². The number of hydrogen-bond donors (Lipinski definition) is 0. The van der Waals surface area contributed by atoms with E-state index in [0.29, 0.717) is 39.3 Å². The largest absolute Gasteiger partial charge is 0.461 e. The molecule has 3 rings (SSSR count). The van der Waals surface area contributed by atoms with E-state index in [-0.39, 0.29) is 0 Å². The van der Waals surface area contributed by atoms with Crippen molar-refractivity contribution < 1.29 is 9.53 Å². The molecule has 0 radical (unpaired) electrons. The molecule has 1 aliphatic carbocycles. The van der Waals surface area contributed by atoms with E-state index in [1.165, 1.54) is 5.56 Å². The summed E-state index contributed by atoms with van der Waals surface area (Å²) in [7, 11) is 2.48. The van der Waals surface area contributed by atoms with Crippen molar-refractivity contribution >= 4 is 50.3 Å². The van der Waals surface area contributed by atoms with Gasteiger partial charge >= 0.3 is 5.97 Å². The molecule has 27 heavy (non-hydrogen) atoms. The van der Waals surface area contributed by atoms with Crippen molar-refractivity contribution in [1.29, 1.82) is 0 Å². The number of halogens is 2. The van der Waals surface area contributed by atoms with Crippen LogP contribution in [0.1, 0.15) is 60.3 Å². The van der Waals surface area contributed by atoms with Gasteiger partial charge in [0, 0.05) is 21.0 Å². The molecule has 0 spiro atoms. The lowest BCUT2D eigenvalue weighted by molar-refractivity contribution is 0.0518. The fourth-order valence-corrected chi connectivity index (χ4v) is 5.58. The molecule has 0 N–H and O–H groups in total. The summed E-state index contributed by atoms with van der Waals surface area (Å²) in [5.41, 5.74) is 2.32. The molecule has 1 saturated carbocycles. The van der Waals surface area contributed by atoms with Crippen LogP contribution in [0.5, 0.6) is 0 Å². The summed E-state index contributed by atoms with van der Waals surface area (Å²) in [5.74, 6) is 0.772. The molecule has 0 bridgehead atoms. The highest BCUT2D eigenvalue weighted by Crippen LogP contribution is 2.40. The number of esters is 1. The number of carbonyl (C=O) groups is 1. The molecule has 0 amide bonds. The minimum Gasteiger partial charge on any atom is -0.461 e.